The number of rotatable bonds is 3. The first kappa shape index (κ1) is 11.1. The summed E-state index contributed by atoms with van der Waals surface area (Å²) in [6, 6.07) is 12.7. The number of pyridine rings is 1. The molecule has 0 atom stereocenters. The smallest absolute Gasteiger partial charge is 0.354 e. The fourth-order valence-electron chi connectivity index (χ4n) is 1.55. The lowest BCUT2D eigenvalue weighted by Gasteiger charge is -2.08. The Kier molecular flexibility index (Phi) is 3.05. The second-order valence-corrected chi connectivity index (χ2v) is 3.42. The summed E-state index contributed by atoms with van der Waals surface area (Å²) < 4.78 is 5.12. The van der Waals surface area contributed by atoms with Crippen LogP contribution in [0.4, 0.5) is 0 Å². The van der Waals surface area contributed by atoms with Gasteiger partial charge < -0.3 is 9.84 Å². The average molecular weight is 229 g/mol. The van der Waals surface area contributed by atoms with E-state index in [1.165, 1.54) is 13.2 Å². The van der Waals surface area contributed by atoms with E-state index in [1.54, 1.807) is 6.07 Å². The third-order valence-electron chi connectivity index (χ3n) is 2.36. The summed E-state index contributed by atoms with van der Waals surface area (Å²) in [5, 5.41) is 8.85. The van der Waals surface area contributed by atoms with E-state index >= 15 is 0 Å². The van der Waals surface area contributed by atoms with Gasteiger partial charge in [0.1, 0.15) is 0 Å². The predicted molar refractivity (Wildman–Crippen MR) is 63.2 cm³/mol. The lowest BCUT2D eigenvalue weighted by molar-refractivity contribution is 0.0689. The van der Waals surface area contributed by atoms with Crippen molar-refractivity contribution in [3.8, 4) is 17.0 Å². The van der Waals surface area contributed by atoms with Crippen molar-refractivity contribution in [3.05, 3.63) is 48.2 Å². The number of nitrogens with zero attached hydrogens (tertiary/aromatic N) is 1. The van der Waals surface area contributed by atoms with E-state index in [2.05, 4.69) is 4.98 Å². The minimum Gasteiger partial charge on any atom is -0.481 e. The molecule has 0 aliphatic heterocycles. The van der Waals surface area contributed by atoms with Gasteiger partial charge in [0.2, 0.25) is 5.88 Å². The molecule has 17 heavy (non-hydrogen) atoms. The molecule has 2 rings (SSSR count). The maximum atomic E-state index is 10.8. The highest BCUT2D eigenvalue weighted by Gasteiger charge is 2.11. The van der Waals surface area contributed by atoms with Gasteiger partial charge in [-0.15, -0.1) is 0 Å². The Labute approximate surface area is 98.5 Å². The molecule has 0 amide bonds. The highest BCUT2D eigenvalue weighted by molar-refractivity contribution is 5.86. The minimum atomic E-state index is -1.07. The van der Waals surface area contributed by atoms with Gasteiger partial charge in [-0.05, 0) is 17.7 Å². The maximum Gasteiger partial charge on any atom is 0.354 e. The highest BCUT2D eigenvalue weighted by atomic mass is 16.5. The van der Waals surface area contributed by atoms with Crippen molar-refractivity contribution in [1.82, 2.24) is 4.98 Å². The van der Waals surface area contributed by atoms with Gasteiger partial charge in [0.05, 0.1) is 7.11 Å². The van der Waals surface area contributed by atoms with Crippen LogP contribution in [0, 0.1) is 0 Å². The van der Waals surface area contributed by atoms with Crippen molar-refractivity contribution in [1.29, 1.82) is 0 Å². The number of methoxy groups -OCH3 is 1. The monoisotopic (exact) mass is 229 g/mol. The van der Waals surface area contributed by atoms with Crippen molar-refractivity contribution in [3.63, 3.8) is 0 Å². The van der Waals surface area contributed by atoms with Crippen LogP contribution in [-0.2, 0) is 0 Å². The van der Waals surface area contributed by atoms with Gasteiger partial charge in [-0.25, -0.2) is 9.78 Å². The van der Waals surface area contributed by atoms with E-state index in [0.29, 0.717) is 5.88 Å². The van der Waals surface area contributed by atoms with E-state index in [-0.39, 0.29) is 5.69 Å². The van der Waals surface area contributed by atoms with E-state index < -0.39 is 5.97 Å². The fourth-order valence-corrected chi connectivity index (χ4v) is 1.55. The number of carboxylic acids is 1. The zero-order valence-corrected chi connectivity index (χ0v) is 9.25. The van der Waals surface area contributed by atoms with Crippen LogP contribution in [0.1, 0.15) is 10.5 Å². The quantitative estimate of drug-likeness (QED) is 0.878. The molecule has 86 valence electrons. The fraction of sp³-hybridized carbons (Fsp3) is 0.0769. The van der Waals surface area contributed by atoms with Crippen LogP contribution in [0.2, 0.25) is 0 Å². The highest BCUT2D eigenvalue weighted by Crippen LogP contribution is 2.27. The van der Waals surface area contributed by atoms with Crippen LogP contribution in [-0.4, -0.2) is 23.2 Å². The molecule has 0 aliphatic rings. The maximum absolute atomic E-state index is 10.8. The van der Waals surface area contributed by atoms with Gasteiger partial charge in [-0.1, -0.05) is 30.3 Å². The number of carbonyl (C=O) groups is 1. The van der Waals surface area contributed by atoms with Crippen molar-refractivity contribution in [2.75, 3.05) is 7.11 Å². The molecule has 1 aromatic carbocycles. The summed E-state index contributed by atoms with van der Waals surface area (Å²) in [5.74, 6) is -0.751. The van der Waals surface area contributed by atoms with Gasteiger partial charge in [-0.3, -0.25) is 0 Å². The van der Waals surface area contributed by atoms with Crippen LogP contribution >= 0.6 is 0 Å². The largest absolute Gasteiger partial charge is 0.481 e. The van der Waals surface area contributed by atoms with Crippen LogP contribution in [0.3, 0.4) is 0 Å². The molecule has 2 aromatic rings. The van der Waals surface area contributed by atoms with Crippen LogP contribution < -0.4 is 4.74 Å². The minimum absolute atomic E-state index is 0.0264. The average Bonchev–Trinajstić information content (AvgIpc) is 2.39. The molecule has 0 radical (unpaired) electrons. The number of carboxylic acid groups (broad SMARTS) is 1. The topological polar surface area (TPSA) is 59.4 Å². The first-order valence-corrected chi connectivity index (χ1v) is 5.06. The molecule has 0 saturated carbocycles. The lowest BCUT2D eigenvalue weighted by Crippen LogP contribution is -2.02. The van der Waals surface area contributed by atoms with Crippen LogP contribution in [0.25, 0.3) is 11.1 Å². The molecule has 0 unspecified atom stereocenters. The molecule has 0 saturated heterocycles. The number of benzene rings is 1. The summed E-state index contributed by atoms with van der Waals surface area (Å²) in [7, 11) is 1.47. The number of aromatic carboxylic acids is 1. The van der Waals surface area contributed by atoms with Crippen molar-refractivity contribution < 1.29 is 14.6 Å². The standard InChI is InChI=1S/C13H11NO3/c1-17-12-10(9-5-3-2-4-6-9)7-8-11(14-12)13(15)16/h2-8H,1H3,(H,15,16). The number of aromatic nitrogens is 1. The predicted octanol–water partition coefficient (Wildman–Crippen LogP) is 2.46. The molecule has 4 heteroatoms. The number of hydrogen-bond donors (Lipinski definition) is 1. The molecule has 1 N–H and O–H groups in total. The van der Waals surface area contributed by atoms with E-state index in [9.17, 15) is 4.79 Å². The first-order chi connectivity index (χ1) is 8.22. The SMILES string of the molecule is COc1nc(C(=O)O)ccc1-c1ccccc1. The summed E-state index contributed by atoms with van der Waals surface area (Å²) in [6.45, 7) is 0. The Hall–Kier alpha value is -2.36. The number of ether oxygens (including phenoxy) is 1. The molecule has 1 aromatic heterocycles. The molecular formula is C13H11NO3. The van der Waals surface area contributed by atoms with Gasteiger partial charge >= 0.3 is 5.97 Å². The molecular weight excluding hydrogens is 218 g/mol. The molecule has 0 bridgehead atoms. The van der Waals surface area contributed by atoms with Crippen LogP contribution in [0.15, 0.2) is 42.5 Å². The van der Waals surface area contributed by atoms with Gasteiger partial charge in [0.25, 0.3) is 0 Å². The molecule has 4 nitrogen and oxygen atoms in total. The third kappa shape index (κ3) is 2.25. The van der Waals surface area contributed by atoms with Crippen molar-refractivity contribution in [2.45, 2.75) is 0 Å². The van der Waals surface area contributed by atoms with Gasteiger partial charge in [0, 0.05) is 5.56 Å². The van der Waals surface area contributed by atoms with E-state index in [1.807, 2.05) is 30.3 Å². The molecule has 1 heterocycles. The zero-order chi connectivity index (χ0) is 12.3. The first-order valence-electron chi connectivity index (χ1n) is 5.06. The Balaban J connectivity index is 2.52. The number of hydrogen-bond acceptors (Lipinski definition) is 3. The summed E-state index contributed by atoms with van der Waals surface area (Å²) in [5.41, 5.74) is 1.69. The normalized spacial score (nSPS) is 9.94. The third-order valence-corrected chi connectivity index (χ3v) is 2.36. The van der Waals surface area contributed by atoms with Gasteiger partial charge in [0.15, 0.2) is 5.69 Å². The van der Waals surface area contributed by atoms with E-state index in [4.69, 9.17) is 9.84 Å². The van der Waals surface area contributed by atoms with E-state index in [0.717, 1.165) is 11.1 Å². The lowest BCUT2D eigenvalue weighted by atomic mass is 10.1. The van der Waals surface area contributed by atoms with Crippen molar-refractivity contribution in [2.24, 2.45) is 0 Å². The molecule has 0 spiro atoms. The summed E-state index contributed by atoms with van der Waals surface area (Å²) in [4.78, 5) is 14.7. The second-order valence-electron chi connectivity index (χ2n) is 3.42. The molecule has 0 fully saturated rings. The second kappa shape index (κ2) is 4.65. The Morgan fingerprint density at radius 3 is 2.47 bits per heavy atom. The summed E-state index contributed by atoms with van der Waals surface area (Å²) >= 11 is 0. The Morgan fingerprint density at radius 1 is 1.18 bits per heavy atom. The van der Waals surface area contributed by atoms with Gasteiger partial charge in [-0.2, -0.15) is 0 Å². The molecule has 0 aliphatic carbocycles. The van der Waals surface area contributed by atoms with Crippen molar-refractivity contribution >= 4 is 5.97 Å². The Bertz CT molecular complexity index is 538. The van der Waals surface area contributed by atoms with Crippen LogP contribution in [0.5, 0.6) is 5.88 Å². The summed E-state index contributed by atoms with van der Waals surface area (Å²) in [6.07, 6.45) is 0. The Morgan fingerprint density at radius 2 is 1.88 bits per heavy atom. The zero-order valence-electron chi connectivity index (χ0n) is 9.25.